The third-order valence-corrected chi connectivity index (χ3v) is 9.33. The minimum absolute atomic E-state index is 0.437. The van der Waals surface area contributed by atoms with Gasteiger partial charge in [0.05, 0.1) is 5.56 Å². The Labute approximate surface area is 294 Å². The van der Waals surface area contributed by atoms with Gasteiger partial charge in [-0.1, -0.05) is 24.3 Å². The molecule has 3 nitrogen and oxygen atoms in total. The molecule has 246 valence electrons. The highest BCUT2D eigenvalue weighted by Crippen LogP contribution is 2.27. The van der Waals surface area contributed by atoms with E-state index in [9.17, 15) is 0 Å². The van der Waals surface area contributed by atoms with Crippen LogP contribution in [0.4, 0.5) is 0 Å². The van der Waals surface area contributed by atoms with Gasteiger partial charge in [0.25, 0.3) is 0 Å². The van der Waals surface area contributed by atoms with E-state index in [-0.39, 0.29) is 0 Å². The maximum Gasteiger partial charge on any atom is 0.212 e. The average Bonchev–Trinajstić information content (AvgIpc) is 3.07. The Kier molecular flexibility index (Phi) is 10.4. The highest BCUT2D eigenvalue weighted by molar-refractivity contribution is 5.67. The summed E-state index contributed by atoms with van der Waals surface area (Å²) in [6.45, 7) is 14.8. The van der Waals surface area contributed by atoms with Gasteiger partial charge in [-0.05, 0) is 143 Å². The standard InChI is InChI=1S/3C15H18N/c1-11-8-9-12(2)15(13(11)3)14-7-5-6-10-16(14)4;2*1-11-9-13(3)14(10-12(11)2)15-7-5-6-8-16(15)4/h3*5-10H,1-4H3/q3*+1/i;1D3;. The molecule has 0 radical (unpaired) electrons. The van der Waals surface area contributed by atoms with Gasteiger partial charge in [0.1, 0.15) is 21.1 Å². The molecule has 6 rings (SSSR count). The minimum Gasteiger partial charge on any atom is -0.201 e. The Morgan fingerprint density at radius 2 is 0.792 bits per heavy atom. The van der Waals surface area contributed by atoms with Gasteiger partial charge in [0.15, 0.2) is 18.6 Å². The normalized spacial score (nSPS) is 11.7. The zero-order valence-corrected chi connectivity index (χ0v) is 30.7. The maximum atomic E-state index is 7.56. The molecule has 0 spiro atoms. The quantitative estimate of drug-likeness (QED) is 0.171. The summed E-state index contributed by atoms with van der Waals surface area (Å²) in [4.78, 5) is 0. The molecule has 6 aromatic rings. The molecular weight excluding hydrogens is 583 g/mol. The molecule has 0 aliphatic carbocycles. The predicted octanol–water partition coefficient (Wildman–Crippen LogP) is 9.31. The molecule has 0 aliphatic heterocycles. The number of pyridine rings is 3. The second kappa shape index (κ2) is 15.8. The summed E-state index contributed by atoms with van der Waals surface area (Å²) in [6.07, 6.45) is 6.17. The van der Waals surface area contributed by atoms with Gasteiger partial charge in [0, 0.05) is 51.6 Å². The molecule has 48 heavy (non-hydrogen) atoms. The topological polar surface area (TPSA) is 11.6 Å². The number of hydrogen-bond acceptors (Lipinski definition) is 0. The van der Waals surface area contributed by atoms with Crippen molar-refractivity contribution < 1.29 is 17.8 Å². The monoisotopic (exact) mass is 639 g/mol. The van der Waals surface area contributed by atoms with Crippen molar-refractivity contribution in [3.63, 3.8) is 0 Å². The third kappa shape index (κ3) is 8.33. The molecule has 0 saturated heterocycles. The van der Waals surface area contributed by atoms with E-state index >= 15 is 0 Å². The summed E-state index contributed by atoms with van der Waals surface area (Å²) >= 11 is 0. The first kappa shape index (κ1) is 31.7. The Balaban J connectivity index is 0.000000172. The Bertz CT molecular complexity index is 2160. The third-order valence-electron chi connectivity index (χ3n) is 9.33. The van der Waals surface area contributed by atoms with Gasteiger partial charge in [0.2, 0.25) is 17.1 Å². The van der Waals surface area contributed by atoms with Crippen molar-refractivity contribution in [1.29, 1.82) is 0 Å². The average molecular weight is 640 g/mol. The van der Waals surface area contributed by atoms with Gasteiger partial charge in [-0.2, -0.15) is 0 Å². The van der Waals surface area contributed by atoms with Crippen LogP contribution in [0.15, 0.2) is 110 Å². The smallest absolute Gasteiger partial charge is 0.201 e. The first-order valence-electron chi connectivity index (χ1n) is 18.1. The molecule has 0 unspecified atom stereocenters. The number of aryl methyl sites for hydroxylation is 11. The van der Waals surface area contributed by atoms with Crippen LogP contribution in [0.1, 0.15) is 54.2 Å². The van der Waals surface area contributed by atoms with Crippen LogP contribution in [0.2, 0.25) is 0 Å². The predicted molar refractivity (Wildman–Crippen MR) is 202 cm³/mol. The summed E-state index contributed by atoms with van der Waals surface area (Å²) in [7, 11) is 6.17. The Morgan fingerprint density at radius 3 is 1.25 bits per heavy atom. The van der Waals surface area contributed by atoms with Crippen molar-refractivity contribution in [2.75, 3.05) is 0 Å². The molecule has 0 atom stereocenters. The Hall–Kier alpha value is -4.89. The van der Waals surface area contributed by atoms with E-state index in [1.54, 1.807) is 6.07 Å². The summed E-state index contributed by atoms with van der Waals surface area (Å²) < 4.78 is 29.0. The van der Waals surface area contributed by atoms with Gasteiger partial charge in [-0.3, -0.25) is 0 Å². The van der Waals surface area contributed by atoms with Crippen LogP contribution < -0.4 is 13.7 Å². The minimum atomic E-state index is -2.05. The number of aromatic nitrogens is 3. The van der Waals surface area contributed by atoms with E-state index in [0.29, 0.717) is 5.56 Å². The Morgan fingerprint density at radius 1 is 0.396 bits per heavy atom. The lowest BCUT2D eigenvalue weighted by atomic mass is 9.95. The number of nitrogens with zero attached hydrogens (tertiary/aromatic N) is 3. The van der Waals surface area contributed by atoms with Crippen molar-refractivity contribution in [1.82, 2.24) is 0 Å². The molecule has 3 heteroatoms. The van der Waals surface area contributed by atoms with Crippen molar-refractivity contribution in [3.8, 4) is 33.8 Å². The first-order chi connectivity index (χ1) is 24.0. The highest BCUT2D eigenvalue weighted by atomic mass is 14.9. The van der Waals surface area contributed by atoms with E-state index in [2.05, 4.69) is 138 Å². The van der Waals surface area contributed by atoms with Crippen molar-refractivity contribution in [3.05, 3.63) is 160 Å². The van der Waals surface area contributed by atoms with Crippen LogP contribution in [0.25, 0.3) is 33.8 Å². The van der Waals surface area contributed by atoms with Crippen molar-refractivity contribution >= 4 is 0 Å². The van der Waals surface area contributed by atoms with Crippen molar-refractivity contribution in [2.24, 2.45) is 21.1 Å². The second-order valence-electron chi connectivity index (χ2n) is 13.0. The second-order valence-corrected chi connectivity index (χ2v) is 13.0. The first-order valence-corrected chi connectivity index (χ1v) is 16.6. The van der Waals surface area contributed by atoms with Crippen LogP contribution in [0, 0.1) is 62.2 Å². The molecule has 0 aliphatic rings. The molecule has 3 aromatic carbocycles. The SMILES string of the molecule is Cc1cc(C)c(-c2cccc[n+]2C)cc1C.Cc1ccc(C)c(-c2cccc[n+]2C)c1C.[2H]C([2H])([2H])c1cc(C)c(-c2cccc[n+]2C)cc1C. The lowest BCUT2D eigenvalue weighted by Gasteiger charge is -2.10. The lowest BCUT2D eigenvalue weighted by Crippen LogP contribution is -2.30. The number of hydrogen-bond donors (Lipinski definition) is 0. The molecule has 0 N–H and O–H groups in total. The van der Waals surface area contributed by atoms with E-state index in [0.717, 1.165) is 22.4 Å². The zero-order chi connectivity index (χ0) is 37.6. The van der Waals surface area contributed by atoms with Gasteiger partial charge in [-0.15, -0.1) is 0 Å². The van der Waals surface area contributed by atoms with Crippen LogP contribution in [0.3, 0.4) is 0 Å². The van der Waals surface area contributed by atoms with E-state index in [1.165, 1.54) is 55.9 Å². The molecule has 0 amide bonds. The van der Waals surface area contributed by atoms with E-state index < -0.39 is 6.85 Å². The summed E-state index contributed by atoms with van der Waals surface area (Å²) in [5.41, 5.74) is 17.7. The molecular formula is C45H54N3+3. The van der Waals surface area contributed by atoms with Gasteiger partial charge in [-0.25, -0.2) is 13.7 Å². The fourth-order valence-corrected chi connectivity index (χ4v) is 6.06. The van der Waals surface area contributed by atoms with Crippen LogP contribution in [-0.4, -0.2) is 0 Å². The number of benzene rings is 3. The summed E-state index contributed by atoms with van der Waals surface area (Å²) in [6, 6.07) is 31.3. The van der Waals surface area contributed by atoms with E-state index in [4.69, 9.17) is 4.11 Å². The van der Waals surface area contributed by atoms with Crippen LogP contribution >= 0.6 is 0 Å². The zero-order valence-electron chi connectivity index (χ0n) is 33.7. The molecule has 3 aromatic heterocycles. The number of rotatable bonds is 3. The van der Waals surface area contributed by atoms with Crippen LogP contribution in [-0.2, 0) is 21.1 Å². The van der Waals surface area contributed by atoms with Crippen LogP contribution in [0.5, 0.6) is 0 Å². The van der Waals surface area contributed by atoms with Gasteiger partial charge >= 0.3 is 0 Å². The van der Waals surface area contributed by atoms with Gasteiger partial charge < -0.3 is 0 Å². The molecule has 0 bridgehead atoms. The molecule has 0 fully saturated rings. The molecule has 0 saturated carbocycles. The summed E-state index contributed by atoms with van der Waals surface area (Å²) in [5, 5.41) is 0. The molecule has 3 heterocycles. The summed E-state index contributed by atoms with van der Waals surface area (Å²) in [5.74, 6) is 0. The van der Waals surface area contributed by atoms with E-state index in [1.807, 2.05) is 55.9 Å². The highest BCUT2D eigenvalue weighted by Gasteiger charge is 2.15. The van der Waals surface area contributed by atoms with Crippen molar-refractivity contribution in [2.45, 2.75) is 62.2 Å². The lowest BCUT2D eigenvalue weighted by molar-refractivity contribution is -0.660. The fraction of sp³-hybridized carbons (Fsp3) is 0.267. The largest absolute Gasteiger partial charge is 0.212 e. The fourth-order valence-electron chi connectivity index (χ4n) is 6.06. The maximum absolute atomic E-state index is 7.56.